The Balaban J connectivity index is 0.000000133. The molecular formula is C42H60O6. The first-order valence-electron chi connectivity index (χ1n) is 20.2. The second-order valence-electron chi connectivity index (χ2n) is 18.4. The lowest BCUT2D eigenvalue weighted by Crippen LogP contribution is -2.53. The van der Waals surface area contributed by atoms with Gasteiger partial charge >= 0.3 is 0 Å². The maximum Gasteiger partial charge on any atom is 0.188 e. The van der Waals surface area contributed by atoms with E-state index in [-0.39, 0.29) is 22.4 Å². The van der Waals surface area contributed by atoms with Crippen molar-refractivity contribution in [3.63, 3.8) is 0 Å². The van der Waals surface area contributed by atoms with Crippen LogP contribution < -0.4 is 0 Å². The molecule has 0 aromatic heterocycles. The summed E-state index contributed by atoms with van der Waals surface area (Å²) in [4.78, 5) is 23.8. The number of rotatable bonds is 1. The molecule has 48 heavy (non-hydrogen) atoms. The van der Waals surface area contributed by atoms with Gasteiger partial charge in [0.25, 0.3) is 0 Å². The topological polar surface area (TPSA) is 71.1 Å². The molecule has 264 valence electrons. The van der Waals surface area contributed by atoms with E-state index in [0.29, 0.717) is 23.4 Å². The Hall–Kier alpha value is -1.34. The fourth-order valence-corrected chi connectivity index (χ4v) is 14.7. The van der Waals surface area contributed by atoms with Gasteiger partial charge in [0.15, 0.2) is 17.4 Å². The predicted molar refractivity (Wildman–Crippen MR) is 183 cm³/mol. The molecule has 0 aromatic rings. The van der Waals surface area contributed by atoms with Crippen LogP contribution >= 0.6 is 0 Å². The van der Waals surface area contributed by atoms with Gasteiger partial charge in [0.2, 0.25) is 0 Å². The standard InChI is InChI=1S/C22H32O4.C20H28O2/c1-20-7-4-17-16-5-8-21(23-10-11-24-21)14-15(16)2-3-18(17)19(20)6-9-22(20)25-12-13-26-22;1-12(21)18-7-8-19-17-5-3-13-11-14(22)4-6-15(13)16(17)9-10-20(18,19)2/h14,16-19H,2-13H2,1H3;11,15-19H,3-10H2,1-2H3/t16?,17?,18?,19?,20-;15?,16?,17?,18-,19?,20-/m10/s1. The number of hydrogen-bond acceptors (Lipinski definition) is 6. The Morgan fingerprint density at radius 3 is 2.06 bits per heavy atom. The second-order valence-corrected chi connectivity index (χ2v) is 18.4. The average molecular weight is 661 g/mol. The molecule has 2 aliphatic heterocycles. The molecule has 0 bridgehead atoms. The lowest BCUT2D eigenvalue weighted by atomic mass is 9.51. The van der Waals surface area contributed by atoms with Crippen LogP contribution in [0.25, 0.3) is 0 Å². The number of fused-ring (bicyclic) bond motifs is 11. The SMILES string of the molecule is CC(=O)[C@@H]1CCC2C3CCC4=CC(=O)CCC4C3CC[C@]21C.C[C@@]12CCC3C4CCC5(C=C4CCC3C1CCC21OCCO1)OCCO5. The molecule has 6 nitrogen and oxygen atoms in total. The molecule has 0 amide bonds. The Morgan fingerprint density at radius 1 is 0.646 bits per heavy atom. The summed E-state index contributed by atoms with van der Waals surface area (Å²) in [5.41, 5.74) is 3.59. The van der Waals surface area contributed by atoms with Crippen molar-refractivity contribution >= 4 is 11.6 Å². The van der Waals surface area contributed by atoms with Crippen molar-refractivity contribution in [2.45, 2.75) is 135 Å². The minimum absolute atomic E-state index is 0.222. The van der Waals surface area contributed by atoms with Gasteiger partial charge in [0.1, 0.15) is 5.78 Å². The summed E-state index contributed by atoms with van der Waals surface area (Å²) in [5, 5.41) is 0. The first-order chi connectivity index (χ1) is 23.2. The van der Waals surface area contributed by atoms with Gasteiger partial charge in [-0.2, -0.15) is 0 Å². The highest BCUT2D eigenvalue weighted by Gasteiger charge is 2.66. The first-order valence-corrected chi connectivity index (χ1v) is 20.2. The molecule has 0 N–H and O–H groups in total. The molecule has 11 atom stereocenters. The van der Waals surface area contributed by atoms with Gasteiger partial charge in [-0.1, -0.05) is 25.0 Å². The van der Waals surface area contributed by atoms with Crippen LogP contribution in [0.15, 0.2) is 23.3 Å². The van der Waals surface area contributed by atoms with E-state index >= 15 is 0 Å². The Labute approximate surface area is 288 Å². The number of allylic oxidation sites excluding steroid dienone is 2. The molecular weight excluding hydrogens is 600 g/mol. The van der Waals surface area contributed by atoms with E-state index in [9.17, 15) is 9.59 Å². The smallest absolute Gasteiger partial charge is 0.188 e. The first kappa shape index (κ1) is 32.6. The van der Waals surface area contributed by atoms with Crippen LogP contribution in [0.2, 0.25) is 0 Å². The lowest BCUT2D eigenvalue weighted by Gasteiger charge is -2.55. The highest BCUT2D eigenvalue weighted by atomic mass is 16.7. The average Bonchev–Trinajstić information content (AvgIpc) is 3.88. The van der Waals surface area contributed by atoms with Crippen molar-refractivity contribution in [1.29, 1.82) is 0 Å². The molecule has 8 unspecified atom stereocenters. The number of carbonyl (C=O) groups excluding carboxylic acids is 2. The van der Waals surface area contributed by atoms with E-state index in [4.69, 9.17) is 18.9 Å². The monoisotopic (exact) mass is 660 g/mol. The summed E-state index contributed by atoms with van der Waals surface area (Å²) < 4.78 is 24.5. The number of carbonyl (C=O) groups is 2. The van der Waals surface area contributed by atoms with Crippen LogP contribution in [0, 0.1) is 64.1 Å². The molecule has 2 spiro atoms. The third-order valence-corrected chi connectivity index (χ3v) is 16.8. The summed E-state index contributed by atoms with van der Waals surface area (Å²) in [6.07, 6.45) is 23.3. The zero-order valence-corrected chi connectivity index (χ0v) is 29.9. The summed E-state index contributed by atoms with van der Waals surface area (Å²) >= 11 is 0. The lowest BCUT2D eigenvalue weighted by molar-refractivity contribution is -0.241. The molecule has 10 rings (SSSR count). The van der Waals surface area contributed by atoms with E-state index < -0.39 is 0 Å². The molecule has 0 radical (unpaired) electrons. The zero-order chi connectivity index (χ0) is 32.9. The maximum atomic E-state index is 12.1. The van der Waals surface area contributed by atoms with Gasteiger partial charge in [0.05, 0.1) is 26.4 Å². The zero-order valence-electron chi connectivity index (χ0n) is 29.9. The summed E-state index contributed by atoms with van der Waals surface area (Å²) in [6.45, 7) is 9.77. The normalized spacial score (nSPS) is 47.8. The van der Waals surface area contributed by atoms with E-state index in [1.165, 1.54) is 69.8 Å². The van der Waals surface area contributed by atoms with Gasteiger partial charge in [0, 0.05) is 30.6 Å². The fraction of sp³-hybridized carbons (Fsp3) is 0.857. The highest BCUT2D eigenvalue weighted by Crippen LogP contribution is 2.67. The molecule has 8 fully saturated rings. The van der Waals surface area contributed by atoms with Crippen LogP contribution in [0.3, 0.4) is 0 Å². The fourth-order valence-electron chi connectivity index (χ4n) is 14.7. The van der Waals surface area contributed by atoms with Crippen LogP contribution in [0.5, 0.6) is 0 Å². The van der Waals surface area contributed by atoms with Crippen molar-refractivity contribution in [1.82, 2.24) is 0 Å². The van der Waals surface area contributed by atoms with Gasteiger partial charge < -0.3 is 18.9 Å². The Morgan fingerprint density at radius 2 is 1.31 bits per heavy atom. The van der Waals surface area contributed by atoms with Crippen molar-refractivity contribution in [2.75, 3.05) is 26.4 Å². The molecule has 2 saturated heterocycles. The minimum atomic E-state index is -0.370. The van der Waals surface area contributed by atoms with Gasteiger partial charge in [-0.05, 0) is 155 Å². The number of ether oxygens (including phenoxy) is 4. The number of Topliss-reactive ketones (excluding diaryl/α,β-unsaturated/α-hetero) is 1. The summed E-state index contributed by atoms with van der Waals surface area (Å²) in [7, 11) is 0. The van der Waals surface area contributed by atoms with Gasteiger partial charge in [-0.3, -0.25) is 9.59 Å². The number of ketones is 2. The van der Waals surface area contributed by atoms with E-state index in [2.05, 4.69) is 19.9 Å². The molecule has 6 heteroatoms. The van der Waals surface area contributed by atoms with Crippen LogP contribution in [-0.2, 0) is 28.5 Å². The quantitative estimate of drug-likeness (QED) is 0.263. The largest absolute Gasteiger partial charge is 0.347 e. The molecule has 6 saturated carbocycles. The van der Waals surface area contributed by atoms with Crippen molar-refractivity contribution in [3.8, 4) is 0 Å². The minimum Gasteiger partial charge on any atom is -0.347 e. The second kappa shape index (κ2) is 11.9. The van der Waals surface area contributed by atoms with Gasteiger partial charge in [-0.15, -0.1) is 0 Å². The molecule has 2 heterocycles. The number of hydrogen-bond donors (Lipinski definition) is 0. The summed E-state index contributed by atoms with van der Waals surface area (Å²) in [6, 6.07) is 0. The van der Waals surface area contributed by atoms with Crippen LogP contribution in [0.1, 0.15) is 124 Å². The molecule has 8 aliphatic carbocycles. The Bertz CT molecular complexity index is 1370. The molecule has 0 aromatic carbocycles. The maximum absolute atomic E-state index is 12.1. The van der Waals surface area contributed by atoms with Gasteiger partial charge in [-0.25, -0.2) is 0 Å². The highest BCUT2D eigenvalue weighted by molar-refractivity contribution is 5.91. The van der Waals surface area contributed by atoms with Crippen LogP contribution in [-0.4, -0.2) is 49.6 Å². The van der Waals surface area contributed by atoms with Crippen LogP contribution in [0.4, 0.5) is 0 Å². The molecule has 10 aliphatic rings. The van der Waals surface area contributed by atoms with E-state index in [0.717, 1.165) is 106 Å². The van der Waals surface area contributed by atoms with E-state index in [1.54, 1.807) is 12.5 Å². The van der Waals surface area contributed by atoms with Crippen molar-refractivity contribution in [2.24, 2.45) is 64.1 Å². The van der Waals surface area contributed by atoms with Crippen molar-refractivity contribution < 1.29 is 28.5 Å². The predicted octanol–water partition coefficient (Wildman–Crippen LogP) is 8.38. The van der Waals surface area contributed by atoms with E-state index in [1.807, 2.05) is 6.08 Å². The third-order valence-electron chi connectivity index (χ3n) is 16.8. The third kappa shape index (κ3) is 4.84. The summed E-state index contributed by atoms with van der Waals surface area (Å²) in [5.74, 6) is 6.70. The Kier molecular flexibility index (Phi) is 8.04. The van der Waals surface area contributed by atoms with Crippen molar-refractivity contribution in [3.05, 3.63) is 23.3 Å².